The zero-order chi connectivity index (χ0) is 17.2. The Kier molecular flexibility index (Phi) is 4.26. The molecule has 4 heteroatoms. The van der Waals surface area contributed by atoms with Gasteiger partial charge < -0.3 is 10.3 Å². The summed E-state index contributed by atoms with van der Waals surface area (Å²) in [4.78, 5) is 20.5. The maximum Gasteiger partial charge on any atom is 0.227 e. The van der Waals surface area contributed by atoms with Gasteiger partial charge in [0.25, 0.3) is 0 Å². The Morgan fingerprint density at radius 2 is 1.96 bits per heavy atom. The van der Waals surface area contributed by atoms with Gasteiger partial charge in [-0.3, -0.25) is 4.79 Å². The first-order valence-electron chi connectivity index (χ1n) is 9.07. The minimum atomic E-state index is 0.150. The van der Waals surface area contributed by atoms with Crippen molar-refractivity contribution in [3.05, 3.63) is 48.0 Å². The maximum absolute atomic E-state index is 12.5. The molecular formula is C21H23N3O. The van der Waals surface area contributed by atoms with Gasteiger partial charge >= 0.3 is 0 Å². The van der Waals surface area contributed by atoms with Gasteiger partial charge in [-0.1, -0.05) is 37.5 Å². The van der Waals surface area contributed by atoms with Gasteiger partial charge in [-0.05, 0) is 49.6 Å². The Bertz CT molecular complexity index is 906. The van der Waals surface area contributed by atoms with Gasteiger partial charge in [-0.25, -0.2) is 4.98 Å². The normalized spacial score (nSPS) is 15.4. The largest absolute Gasteiger partial charge is 0.338 e. The molecule has 2 aromatic carbocycles. The first kappa shape index (κ1) is 15.9. The van der Waals surface area contributed by atoms with E-state index in [1.165, 1.54) is 12.0 Å². The fraction of sp³-hybridized carbons (Fsp3) is 0.333. The number of H-pyrrole nitrogens is 1. The van der Waals surface area contributed by atoms with E-state index in [9.17, 15) is 4.79 Å². The smallest absolute Gasteiger partial charge is 0.227 e. The first-order valence-corrected chi connectivity index (χ1v) is 9.07. The maximum atomic E-state index is 12.5. The van der Waals surface area contributed by atoms with Gasteiger partial charge in [-0.15, -0.1) is 0 Å². The van der Waals surface area contributed by atoms with Crippen molar-refractivity contribution in [3.63, 3.8) is 0 Å². The van der Waals surface area contributed by atoms with Crippen LogP contribution >= 0.6 is 0 Å². The van der Waals surface area contributed by atoms with Gasteiger partial charge in [-0.2, -0.15) is 0 Å². The second kappa shape index (κ2) is 6.71. The number of imidazole rings is 1. The zero-order valence-corrected chi connectivity index (χ0v) is 14.5. The van der Waals surface area contributed by atoms with Crippen LogP contribution in [-0.2, 0) is 4.79 Å². The van der Waals surface area contributed by atoms with E-state index < -0.39 is 0 Å². The van der Waals surface area contributed by atoms with Crippen LogP contribution < -0.4 is 5.32 Å². The van der Waals surface area contributed by atoms with E-state index in [-0.39, 0.29) is 11.8 Å². The highest BCUT2D eigenvalue weighted by Gasteiger charge is 2.21. The Balaban J connectivity index is 1.56. The number of nitrogens with one attached hydrogen (secondary N) is 2. The number of benzene rings is 2. The summed E-state index contributed by atoms with van der Waals surface area (Å²) in [6, 6.07) is 14.1. The number of aromatic nitrogens is 2. The van der Waals surface area contributed by atoms with Crippen LogP contribution in [0.4, 0.5) is 5.69 Å². The predicted octanol–water partition coefficient (Wildman–Crippen LogP) is 5.06. The van der Waals surface area contributed by atoms with Crippen molar-refractivity contribution < 1.29 is 4.79 Å². The second-order valence-corrected chi connectivity index (χ2v) is 7.01. The minimum Gasteiger partial charge on any atom is -0.338 e. The second-order valence-electron chi connectivity index (χ2n) is 7.01. The molecule has 4 rings (SSSR count). The molecule has 1 saturated carbocycles. The van der Waals surface area contributed by atoms with Crippen molar-refractivity contribution >= 4 is 22.6 Å². The Hall–Kier alpha value is -2.62. The SMILES string of the molecule is Cc1ccc2nc(-c3cccc(NC(=O)C4CCCCC4)c3)[nH]c2c1. The number of hydrogen-bond donors (Lipinski definition) is 2. The molecule has 25 heavy (non-hydrogen) atoms. The van der Waals surface area contributed by atoms with E-state index >= 15 is 0 Å². The van der Waals surface area contributed by atoms with Crippen LogP contribution in [0.3, 0.4) is 0 Å². The van der Waals surface area contributed by atoms with E-state index in [2.05, 4.69) is 34.3 Å². The number of hydrogen-bond acceptors (Lipinski definition) is 2. The third kappa shape index (κ3) is 3.43. The molecule has 1 fully saturated rings. The molecule has 4 nitrogen and oxygen atoms in total. The summed E-state index contributed by atoms with van der Waals surface area (Å²) in [6.45, 7) is 2.07. The van der Waals surface area contributed by atoms with Gasteiger partial charge in [0.05, 0.1) is 11.0 Å². The van der Waals surface area contributed by atoms with Crippen molar-refractivity contribution in [3.8, 4) is 11.4 Å². The number of fused-ring (bicyclic) bond motifs is 1. The highest BCUT2D eigenvalue weighted by Crippen LogP contribution is 2.27. The molecule has 0 radical (unpaired) electrons. The Morgan fingerprint density at radius 3 is 2.80 bits per heavy atom. The Morgan fingerprint density at radius 1 is 1.12 bits per heavy atom. The topological polar surface area (TPSA) is 57.8 Å². The van der Waals surface area contributed by atoms with Gasteiger partial charge in [0.1, 0.15) is 5.82 Å². The molecule has 128 valence electrons. The summed E-state index contributed by atoms with van der Waals surface area (Å²) in [6.07, 6.45) is 5.60. The molecule has 1 heterocycles. The molecule has 1 aliphatic carbocycles. The van der Waals surface area contributed by atoms with E-state index in [4.69, 9.17) is 0 Å². The minimum absolute atomic E-state index is 0.150. The van der Waals surface area contributed by atoms with Crippen LogP contribution in [0.1, 0.15) is 37.7 Å². The fourth-order valence-corrected chi connectivity index (χ4v) is 3.61. The average Bonchev–Trinajstić information content (AvgIpc) is 3.06. The first-order chi connectivity index (χ1) is 12.2. The summed E-state index contributed by atoms with van der Waals surface area (Å²) in [5.74, 6) is 1.14. The molecule has 0 spiro atoms. The number of anilines is 1. The summed E-state index contributed by atoms with van der Waals surface area (Å²) < 4.78 is 0. The predicted molar refractivity (Wildman–Crippen MR) is 101 cm³/mol. The standard InChI is InChI=1S/C21H23N3O/c1-14-10-11-18-19(12-14)24-20(23-18)16-8-5-9-17(13-16)22-21(25)15-6-3-2-4-7-15/h5,8-13,15H,2-4,6-7H2,1H3,(H,22,25)(H,23,24). The molecule has 0 bridgehead atoms. The lowest BCUT2D eigenvalue weighted by atomic mass is 9.88. The van der Waals surface area contributed by atoms with E-state index in [0.717, 1.165) is 53.8 Å². The van der Waals surface area contributed by atoms with Gasteiger partial charge in [0.2, 0.25) is 5.91 Å². The van der Waals surface area contributed by atoms with Crippen molar-refractivity contribution in [2.24, 2.45) is 5.92 Å². The lowest BCUT2D eigenvalue weighted by Crippen LogP contribution is -2.24. The van der Waals surface area contributed by atoms with Crippen LogP contribution in [0.15, 0.2) is 42.5 Å². The molecule has 2 N–H and O–H groups in total. The highest BCUT2D eigenvalue weighted by atomic mass is 16.1. The number of aryl methyl sites for hydroxylation is 1. The molecule has 0 saturated heterocycles. The molecule has 3 aromatic rings. The number of rotatable bonds is 3. The number of aromatic amines is 1. The molecule has 0 aliphatic heterocycles. The van der Waals surface area contributed by atoms with E-state index in [1.807, 2.05) is 30.3 Å². The van der Waals surface area contributed by atoms with Crippen LogP contribution in [0.5, 0.6) is 0 Å². The van der Waals surface area contributed by atoms with Crippen molar-refractivity contribution in [2.45, 2.75) is 39.0 Å². The average molecular weight is 333 g/mol. The van der Waals surface area contributed by atoms with Gasteiger partial charge in [0.15, 0.2) is 0 Å². The van der Waals surface area contributed by atoms with Crippen LogP contribution in [0, 0.1) is 12.8 Å². The molecule has 1 aromatic heterocycles. The molecule has 1 aliphatic rings. The quantitative estimate of drug-likeness (QED) is 0.704. The summed E-state index contributed by atoms with van der Waals surface area (Å²) in [5.41, 5.74) is 5.01. The molecular weight excluding hydrogens is 310 g/mol. The fourth-order valence-electron chi connectivity index (χ4n) is 3.61. The summed E-state index contributed by atoms with van der Waals surface area (Å²) in [7, 11) is 0. The molecule has 1 amide bonds. The van der Waals surface area contributed by atoms with E-state index in [1.54, 1.807) is 0 Å². The van der Waals surface area contributed by atoms with Crippen molar-refractivity contribution in [1.29, 1.82) is 0 Å². The van der Waals surface area contributed by atoms with Gasteiger partial charge in [0, 0.05) is 17.2 Å². The summed E-state index contributed by atoms with van der Waals surface area (Å²) in [5, 5.41) is 3.08. The van der Waals surface area contributed by atoms with Crippen LogP contribution in [-0.4, -0.2) is 15.9 Å². The van der Waals surface area contributed by atoms with Crippen LogP contribution in [0.2, 0.25) is 0 Å². The summed E-state index contributed by atoms with van der Waals surface area (Å²) >= 11 is 0. The number of amides is 1. The number of carbonyl (C=O) groups excluding carboxylic acids is 1. The Labute approximate surface area is 147 Å². The van der Waals surface area contributed by atoms with Crippen LogP contribution in [0.25, 0.3) is 22.4 Å². The lowest BCUT2D eigenvalue weighted by molar-refractivity contribution is -0.120. The lowest BCUT2D eigenvalue weighted by Gasteiger charge is -2.20. The monoisotopic (exact) mass is 333 g/mol. The molecule has 0 atom stereocenters. The zero-order valence-electron chi connectivity index (χ0n) is 14.5. The number of nitrogens with zero attached hydrogens (tertiary/aromatic N) is 1. The highest BCUT2D eigenvalue weighted by molar-refractivity contribution is 5.93. The third-order valence-corrected chi connectivity index (χ3v) is 5.02. The number of carbonyl (C=O) groups is 1. The molecule has 0 unspecified atom stereocenters. The van der Waals surface area contributed by atoms with E-state index in [0.29, 0.717) is 0 Å². The third-order valence-electron chi connectivity index (χ3n) is 5.02. The van der Waals surface area contributed by atoms with Crippen molar-refractivity contribution in [1.82, 2.24) is 9.97 Å². The van der Waals surface area contributed by atoms with Crippen molar-refractivity contribution in [2.75, 3.05) is 5.32 Å².